The second kappa shape index (κ2) is 5.80. The van der Waals surface area contributed by atoms with Gasteiger partial charge in [-0.2, -0.15) is 13.2 Å². The molecule has 0 spiro atoms. The summed E-state index contributed by atoms with van der Waals surface area (Å²) in [6.45, 7) is 7.29. The molecule has 1 aliphatic rings. The van der Waals surface area contributed by atoms with E-state index in [2.05, 4.69) is 28.2 Å². The lowest BCUT2D eigenvalue weighted by Crippen LogP contribution is -2.62. The third kappa shape index (κ3) is 3.54. The molecule has 0 aromatic heterocycles. The quantitative estimate of drug-likeness (QED) is 0.834. The molecule has 1 saturated heterocycles. The molecule has 0 aliphatic carbocycles. The summed E-state index contributed by atoms with van der Waals surface area (Å²) < 4.78 is 40.4. The topological polar surface area (TPSA) is 15.3 Å². The molecule has 0 amide bonds. The molecule has 6 heteroatoms. The molecule has 118 valence electrons. The van der Waals surface area contributed by atoms with Crippen LogP contribution in [0.4, 0.5) is 18.9 Å². The number of piperazine rings is 1. The molecule has 1 fully saturated rings. The van der Waals surface area contributed by atoms with Gasteiger partial charge in [0, 0.05) is 34.8 Å². The predicted octanol–water partition coefficient (Wildman–Crippen LogP) is 4.43. The van der Waals surface area contributed by atoms with E-state index in [1.54, 1.807) is 12.1 Å². The van der Waals surface area contributed by atoms with E-state index in [-0.39, 0.29) is 17.3 Å². The highest BCUT2D eigenvalue weighted by Crippen LogP contribution is 2.40. The maximum absolute atomic E-state index is 13.3. The minimum Gasteiger partial charge on any atom is -0.365 e. The van der Waals surface area contributed by atoms with Crippen LogP contribution < -0.4 is 10.2 Å². The molecule has 0 saturated carbocycles. The van der Waals surface area contributed by atoms with Gasteiger partial charge in [0.1, 0.15) is 0 Å². The summed E-state index contributed by atoms with van der Waals surface area (Å²) in [5.74, 6) is 0. The van der Waals surface area contributed by atoms with Gasteiger partial charge in [-0.1, -0.05) is 22.9 Å². The number of hydrogen-bond acceptors (Lipinski definition) is 2. The number of nitrogens with one attached hydrogen (secondary N) is 1. The summed E-state index contributed by atoms with van der Waals surface area (Å²) in [4.78, 5) is 1.87. The number of rotatable bonds is 2. The van der Waals surface area contributed by atoms with Gasteiger partial charge in [0.2, 0.25) is 0 Å². The van der Waals surface area contributed by atoms with Gasteiger partial charge in [0.25, 0.3) is 0 Å². The fourth-order valence-corrected chi connectivity index (χ4v) is 3.00. The molecule has 2 atom stereocenters. The van der Waals surface area contributed by atoms with Crippen LogP contribution in [0.15, 0.2) is 22.7 Å². The van der Waals surface area contributed by atoms with Crippen molar-refractivity contribution in [1.29, 1.82) is 0 Å². The average Bonchev–Trinajstić information content (AvgIpc) is 2.41. The summed E-state index contributed by atoms with van der Waals surface area (Å²) >= 11 is 3.13. The predicted molar refractivity (Wildman–Crippen MR) is 82.7 cm³/mol. The summed E-state index contributed by atoms with van der Waals surface area (Å²) in [7, 11) is 0. The standard InChI is InChI=1S/C15H20BrF3N2/c1-4-14(3)9-21(10(2)8-20-14)13-6-5-11(16)7-12(13)15(17,18)19/h5-7,10,20H,4,8-9H2,1-3H3. The Morgan fingerprint density at radius 3 is 2.67 bits per heavy atom. The van der Waals surface area contributed by atoms with E-state index in [0.717, 1.165) is 12.5 Å². The molecule has 0 radical (unpaired) electrons. The monoisotopic (exact) mass is 364 g/mol. The SMILES string of the molecule is CCC1(C)CN(c2ccc(Br)cc2C(F)(F)F)C(C)CN1. The van der Waals surface area contributed by atoms with Crippen LogP contribution in [0.1, 0.15) is 32.8 Å². The van der Waals surface area contributed by atoms with Crippen molar-refractivity contribution in [1.82, 2.24) is 5.32 Å². The zero-order chi connectivity index (χ0) is 15.8. The largest absolute Gasteiger partial charge is 0.418 e. The highest BCUT2D eigenvalue weighted by molar-refractivity contribution is 9.10. The van der Waals surface area contributed by atoms with Crippen LogP contribution >= 0.6 is 15.9 Å². The zero-order valence-electron chi connectivity index (χ0n) is 12.4. The molecule has 2 unspecified atom stereocenters. The Morgan fingerprint density at radius 1 is 1.43 bits per heavy atom. The number of anilines is 1. The van der Waals surface area contributed by atoms with Gasteiger partial charge in [-0.15, -0.1) is 0 Å². The van der Waals surface area contributed by atoms with Crippen molar-refractivity contribution in [2.24, 2.45) is 0 Å². The van der Waals surface area contributed by atoms with Crippen LogP contribution in [0, 0.1) is 0 Å². The van der Waals surface area contributed by atoms with Crippen molar-refractivity contribution in [3.63, 3.8) is 0 Å². The molecule has 21 heavy (non-hydrogen) atoms. The first-order valence-electron chi connectivity index (χ1n) is 7.05. The first kappa shape index (κ1) is 16.6. The van der Waals surface area contributed by atoms with Gasteiger partial charge in [0.05, 0.1) is 5.56 Å². The zero-order valence-corrected chi connectivity index (χ0v) is 14.0. The number of nitrogens with zero attached hydrogens (tertiary/aromatic N) is 1. The number of halogens is 4. The van der Waals surface area contributed by atoms with Crippen LogP contribution in [0.5, 0.6) is 0 Å². The average molecular weight is 365 g/mol. The van der Waals surface area contributed by atoms with Crippen LogP contribution in [-0.4, -0.2) is 24.7 Å². The molecule has 1 aromatic rings. The van der Waals surface area contributed by atoms with E-state index in [1.165, 1.54) is 0 Å². The lowest BCUT2D eigenvalue weighted by Gasteiger charge is -2.46. The highest BCUT2D eigenvalue weighted by Gasteiger charge is 2.39. The number of benzene rings is 1. The maximum Gasteiger partial charge on any atom is 0.418 e. The van der Waals surface area contributed by atoms with Gasteiger partial charge < -0.3 is 10.2 Å². The minimum absolute atomic E-state index is 0.0203. The fraction of sp³-hybridized carbons (Fsp3) is 0.600. The second-order valence-electron chi connectivity index (χ2n) is 5.93. The molecule has 2 nitrogen and oxygen atoms in total. The van der Waals surface area contributed by atoms with Crippen LogP contribution in [0.25, 0.3) is 0 Å². The summed E-state index contributed by atoms with van der Waals surface area (Å²) in [6.07, 6.45) is -3.49. The van der Waals surface area contributed by atoms with E-state index in [4.69, 9.17) is 0 Å². The first-order valence-corrected chi connectivity index (χ1v) is 7.84. The van der Waals surface area contributed by atoms with E-state index in [9.17, 15) is 13.2 Å². The van der Waals surface area contributed by atoms with E-state index < -0.39 is 11.7 Å². The lowest BCUT2D eigenvalue weighted by atomic mass is 9.93. The highest BCUT2D eigenvalue weighted by atomic mass is 79.9. The van der Waals surface area contributed by atoms with E-state index >= 15 is 0 Å². The Morgan fingerprint density at radius 2 is 2.10 bits per heavy atom. The maximum atomic E-state index is 13.3. The van der Waals surface area contributed by atoms with Gasteiger partial charge in [0.15, 0.2) is 0 Å². The van der Waals surface area contributed by atoms with Crippen molar-refractivity contribution in [2.45, 2.75) is 44.9 Å². The lowest BCUT2D eigenvalue weighted by molar-refractivity contribution is -0.137. The van der Waals surface area contributed by atoms with Crippen molar-refractivity contribution in [3.8, 4) is 0 Å². The van der Waals surface area contributed by atoms with Gasteiger partial charge in [-0.05, 0) is 38.5 Å². The van der Waals surface area contributed by atoms with Crippen molar-refractivity contribution < 1.29 is 13.2 Å². The molecule has 1 aliphatic heterocycles. The summed E-state index contributed by atoms with van der Waals surface area (Å²) in [5.41, 5.74) is -0.480. The summed E-state index contributed by atoms with van der Waals surface area (Å²) in [5, 5.41) is 3.43. The molecule has 0 bridgehead atoms. The first-order chi connectivity index (χ1) is 9.66. The van der Waals surface area contributed by atoms with Gasteiger partial charge in [-0.3, -0.25) is 0 Å². The van der Waals surface area contributed by atoms with E-state index in [1.807, 2.05) is 18.7 Å². The Balaban J connectivity index is 2.45. The van der Waals surface area contributed by atoms with Crippen LogP contribution in [-0.2, 0) is 6.18 Å². The minimum atomic E-state index is -4.35. The Bertz CT molecular complexity index is 518. The Labute approximate surface area is 131 Å². The molecular weight excluding hydrogens is 345 g/mol. The molecular formula is C15H20BrF3N2. The van der Waals surface area contributed by atoms with Crippen LogP contribution in [0.3, 0.4) is 0 Å². The van der Waals surface area contributed by atoms with Gasteiger partial charge in [-0.25, -0.2) is 0 Å². The molecule has 1 heterocycles. The molecule has 1 aromatic carbocycles. The Kier molecular flexibility index (Phi) is 4.59. The van der Waals surface area contributed by atoms with Gasteiger partial charge >= 0.3 is 6.18 Å². The molecule has 2 rings (SSSR count). The second-order valence-corrected chi connectivity index (χ2v) is 6.85. The fourth-order valence-electron chi connectivity index (χ4n) is 2.64. The van der Waals surface area contributed by atoms with Crippen molar-refractivity contribution in [2.75, 3.05) is 18.0 Å². The summed E-state index contributed by atoms with van der Waals surface area (Å²) in [6, 6.07) is 4.41. The third-order valence-electron chi connectivity index (χ3n) is 4.23. The van der Waals surface area contributed by atoms with Crippen molar-refractivity contribution in [3.05, 3.63) is 28.2 Å². The van der Waals surface area contributed by atoms with Crippen molar-refractivity contribution >= 4 is 21.6 Å². The van der Waals surface area contributed by atoms with E-state index in [0.29, 0.717) is 17.6 Å². The normalized spacial score (nSPS) is 27.0. The number of hydrogen-bond donors (Lipinski definition) is 1. The Hall–Kier alpha value is -0.750. The number of alkyl halides is 3. The smallest absolute Gasteiger partial charge is 0.365 e. The van der Waals surface area contributed by atoms with Crippen LogP contribution in [0.2, 0.25) is 0 Å². The third-order valence-corrected chi connectivity index (χ3v) is 4.72. The molecule has 1 N–H and O–H groups in total.